The van der Waals surface area contributed by atoms with Crippen LogP contribution in [0.3, 0.4) is 0 Å². The molecule has 0 aromatic heterocycles. The van der Waals surface area contributed by atoms with Crippen molar-refractivity contribution in [1.29, 1.82) is 0 Å². The van der Waals surface area contributed by atoms with Crippen LogP contribution in [0, 0.1) is 17.3 Å². The zero-order chi connectivity index (χ0) is 21.0. The number of Topliss-reactive ketones (excluding diaryl/α,β-unsaturated/α-hetero) is 1. The lowest BCUT2D eigenvalue weighted by atomic mass is 9.79. The van der Waals surface area contributed by atoms with Crippen LogP contribution in [0.25, 0.3) is 0 Å². The van der Waals surface area contributed by atoms with E-state index in [1.165, 1.54) is 26.4 Å². The van der Waals surface area contributed by atoms with Crippen molar-refractivity contribution in [2.45, 2.75) is 97.2 Å². The number of carbonyl (C=O) groups excluding carboxylic acids is 1. The van der Waals surface area contributed by atoms with E-state index in [0.717, 1.165) is 32.1 Å². The van der Waals surface area contributed by atoms with Crippen LogP contribution in [0.2, 0.25) is 0 Å². The van der Waals surface area contributed by atoms with Gasteiger partial charge < -0.3 is 14.9 Å². The summed E-state index contributed by atoms with van der Waals surface area (Å²) in [5.74, 6) is -0.129. The number of carboxylic acid groups (broad SMARTS) is 1. The van der Waals surface area contributed by atoms with Gasteiger partial charge in [-0.15, -0.1) is 0 Å². The molecule has 0 aliphatic heterocycles. The van der Waals surface area contributed by atoms with Gasteiger partial charge in [-0.1, -0.05) is 58.1 Å². The summed E-state index contributed by atoms with van der Waals surface area (Å²) in [6.07, 6.45) is 13.7. The number of hydrogen-bond acceptors (Lipinski definition) is 4. The number of allylic oxidation sites excluding steroid dienone is 2. The first-order valence-corrected chi connectivity index (χ1v) is 11.1. The van der Waals surface area contributed by atoms with Gasteiger partial charge >= 0.3 is 5.97 Å². The molecule has 28 heavy (non-hydrogen) atoms. The van der Waals surface area contributed by atoms with E-state index in [1.807, 2.05) is 0 Å². The van der Waals surface area contributed by atoms with Gasteiger partial charge in [0.2, 0.25) is 0 Å². The number of unbranched alkanes of at least 4 members (excludes halogenated alkanes) is 5. The van der Waals surface area contributed by atoms with Gasteiger partial charge in [0.05, 0.1) is 0 Å². The van der Waals surface area contributed by atoms with Gasteiger partial charge in [0.15, 0.2) is 6.29 Å². The Morgan fingerprint density at radius 1 is 1.25 bits per heavy atom. The predicted octanol–water partition coefficient (Wildman–Crippen LogP) is 5.11. The molecule has 1 saturated carbocycles. The highest BCUT2D eigenvalue weighted by molar-refractivity contribution is 5.83. The van der Waals surface area contributed by atoms with E-state index in [-0.39, 0.29) is 5.92 Å². The minimum atomic E-state index is -1.30. The fraction of sp³-hybridized carbons (Fsp3) is 0.826. The second kappa shape index (κ2) is 13.1. The summed E-state index contributed by atoms with van der Waals surface area (Å²) in [5, 5.41) is 19.6. The number of ether oxygens (including phenoxy) is 1. The molecule has 0 aromatic carbocycles. The lowest BCUT2D eigenvalue weighted by Crippen LogP contribution is -2.43. The number of hydrogen-bond donors (Lipinski definition) is 2. The van der Waals surface area contributed by atoms with Gasteiger partial charge in [0.1, 0.15) is 11.2 Å². The molecule has 4 atom stereocenters. The maximum absolute atomic E-state index is 12.2. The number of aliphatic hydroxyl groups excluding tert-OH is 1. The summed E-state index contributed by atoms with van der Waals surface area (Å²) < 4.78 is 4.92. The molecule has 2 N–H and O–H groups in total. The lowest BCUT2D eigenvalue weighted by molar-refractivity contribution is -0.192. The summed E-state index contributed by atoms with van der Waals surface area (Å²) in [6, 6.07) is 0. The van der Waals surface area contributed by atoms with Crippen LogP contribution in [-0.4, -0.2) is 35.4 Å². The van der Waals surface area contributed by atoms with E-state index in [4.69, 9.17) is 4.74 Å². The Morgan fingerprint density at radius 3 is 2.61 bits per heavy atom. The highest BCUT2D eigenvalue weighted by atomic mass is 16.6. The van der Waals surface area contributed by atoms with E-state index in [9.17, 15) is 19.8 Å². The van der Waals surface area contributed by atoms with Gasteiger partial charge in [-0.25, -0.2) is 0 Å². The summed E-state index contributed by atoms with van der Waals surface area (Å²) in [5.41, 5.74) is -1.25. The lowest BCUT2D eigenvalue weighted by Gasteiger charge is -2.32. The molecule has 0 bridgehead atoms. The Balaban J connectivity index is 2.44. The molecular formula is C23H40O5. The van der Waals surface area contributed by atoms with E-state index in [1.54, 1.807) is 6.92 Å². The number of ketones is 1. The topological polar surface area (TPSA) is 83.8 Å². The van der Waals surface area contributed by atoms with Gasteiger partial charge in [-0.3, -0.25) is 9.59 Å². The van der Waals surface area contributed by atoms with E-state index in [0.29, 0.717) is 37.4 Å². The molecule has 1 aliphatic carbocycles. The average Bonchev–Trinajstić information content (AvgIpc) is 3.03. The minimum Gasteiger partial charge on any atom is -0.481 e. The van der Waals surface area contributed by atoms with Crippen molar-refractivity contribution >= 4 is 11.8 Å². The summed E-state index contributed by atoms with van der Waals surface area (Å²) in [7, 11) is 1.33. The number of methoxy groups -OCH3 is 1. The Labute approximate surface area is 170 Å². The highest BCUT2D eigenvalue weighted by Gasteiger charge is 2.43. The first-order valence-electron chi connectivity index (χ1n) is 11.1. The average molecular weight is 397 g/mol. The molecule has 162 valence electrons. The van der Waals surface area contributed by atoms with Crippen molar-refractivity contribution in [3.63, 3.8) is 0 Å². The molecule has 0 radical (unpaired) electrons. The highest BCUT2D eigenvalue weighted by Crippen LogP contribution is 2.36. The van der Waals surface area contributed by atoms with E-state index < -0.39 is 17.7 Å². The van der Waals surface area contributed by atoms with Crippen molar-refractivity contribution in [3.05, 3.63) is 12.2 Å². The second-order valence-electron chi connectivity index (χ2n) is 8.20. The molecule has 0 spiro atoms. The third kappa shape index (κ3) is 7.00. The molecule has 1 rings (SSSR count). The smallest absolute Gasteiger partial charge is 0.314 e. The van der Waals surface area contributed by atoms with E-state index >= 15 is 0 Å². The summed E-state index contributed by atoms with van der Waals surface area (Å²) >= 11 is 0. The van der Waals surface area contributed by atoms with Crippen LogP contribution in [0.5, 0.6) is 0 Å². The fourth-order valence-electron chi connectivity index (χ4n) is 4.37. The fourth-order valence-corrected chi connectivity index (χ4v) is 4.37. The van der Waals surface area contributed by atoms with Crippen LogP contribution >= 0.6 is 0 Å². The minimum absolute atomic E-state index is 0.127. The molecule has 5 nitrogen and oxygen atoms in total. The molecule has 5 heteroatoms. The number of rotatable bonds is 15. The standard InChI is InChI=1S/C23H40O5/c1-4-6-7-8-10-13-18-15-16-20(24)19(18)14-11-9-12-17-23(5-2,21(25)26)22(27)28-3/h10,13,18-19,22,27H,4-9,11-12,14-17H2,1-3H3,(H,25,26)/t18-,19+,22?,23?/m0/s1. The second-order valence-corrected chi connectivity index (χ2v) is 8.20. The number of aliphatic carboxylic acids is 1. The Bertz CT molecular complexity index is 501. The van der Waals surface area contributed by atoms with Crippen LogP contribution in [0.1, 0.15) is 90.9 Å². The number of aliphatic hydroxyl groups is 1. The number of carboxylic acids is 1. The maximum atomic E-state index is 12.2. The molecule has 0 amide bonds. The van der Waals surface area contributed by atoms with Crippen molar-refractivity contribution in [2.75, 3.05) is 7.11 Å². The first kappa shape index (κ1) is 24.8. The van der Waals surface area contributed by atoms with Crippen LogP contribution in [-0.2, 0) is 14.3 Å². The van der Waals surface area contributed by atoms with Crippen molar-refractivity contribution in [2.24, 2.45) is 17.3 Å². The van der Waals surface area contributed by atoms with Gasteiger partial charge in [-0.05, 0) is 44.4 Å². The van der Waals surface area contributed by atoms with Crippen LogP contribution in [0.4, 0.5) is 0 Å². The van der Waals surface area contributed by atoms with E-state index in [2.05, 4.69) is 19.1 Å². The van der Waals surface area contributed by atoms with Crippen LogP contribution < -0.4 is 0 Å². The third-order valence-electron chi connectivity index (χ3n) is 6.40. The Kier molecular flexibility index (Phi) is 11.6. The quantitative estimate of drug-likeness (QED) is 0.228. The molecule has 0 aromatic rings. The zero-order valence-corrected chi connectivity index (χ0v) is 18.0. The van der Waals surface area contributed by atoms with Gasteiger partial charge in [-0.2, -0.15) is 0 Å². The van der Waals surface area contributed by atoms with Gasteiger partial charge in [0.25, 0.3) is 0 Å². The monoisotopic (exact) mass is 396 g/mol. The molecule has 1 fully saturated rings. The molecule has 0 saturated heterocycles. The molecule has 1 aliphatic rings. The van der Waals surface area contributed by atoms with Crippen molar-refractivity contribution in [3.8, 4) is 0 Å². The molecular weight excluding hydrogens is 356 g/mol. The normalized spacial score (nSPS) is 23.2. The Hall–Kier alpha value is -1.20. The molecule has 2 unspecified atom stereocenters. The summed E-state index contributed by atoms with van der Waals surface area (Å²) in [4.78, 5) is 23.9. The maximum Gasteiger partial charge on any atom is 0.314 e. The predicted molar refractivity (Wildman–Crippen MR) is 111 cm³/mol. The van der Waals surface area contributed by atoms with Crippen molar-refractivity contribution in [1.82, 2.24) is 0 Å². The molecule has 0 heterocycles. The number of carbonyl (C=O) groups is 2. The summed E-state index contributed by atoms with van der Waals surface area (Å²) in [6.45, 7) is 3.97. The van der Waals surface area contributed by atoms with Crippen molar-refractivity contribution < 1.29 is 24.5 Å². The van der Waals surface area contributed by atoms with Gasteiger partial charge in [0, 0.05) is 19.4 Å². The largest absolute Gasteiger partial charge is 0.481 e. The third-order valence-corrected chi connectivity index (χ3v) is 6.40. The zero-order valence-electron chi connectivity index (χ0n) is 18.0. The van der Waals surface area contributed by atoms with Crippen LogP contribution in [0.15, 0.2) is 12.2 Å². The Morgan fingerprint density at radius 2 is 2.00 bits per heavy atom. The SMILES string of the molecule is CCCCCC=C[C@H]1CCC(=O)[C@@H]1CCCCCC(CC)(C(=O)O)C(O)OC. The first-order chi connectivity index (χ1) is 13.4.